The van der Waals surface area contributed by atoms with Crippen molar-refractivity contribution in [3.63, 3.8) is 0 Å². The molecule has 122 valence electrons. The van der Waals surface area contributed by atoms with Crippen LogP contribution >= 0.6 is 0 Å². The molecule has 1 unspecified atom stereocenters. The zero-order valence-electron chi connectivity index (χ0n) is 12.9. The van der Waals surface area contributed by atoms with Gasteiger partial charge >= 0.3 is 5.97 Å². The molecule has 0 aliphatic carbocycles. The van der Waals surface area contributed by atoms with E-state index in [4.69, 9.17) is 4.74 Å². The normalized spacial score (nSPS) is 22.5. The Hall–Kier alpha value is -1.69. The fourth-order valence-corrected chi connectivity index (χ4v) is 3.11. The van der Waals surface area contributed by atoms with E-state index in [0.717, 1.165) is 12.5 Å². The number of nitrogens with zero attached hydrogens (tertiary/aromatic N) is 1. The quantitative estimate of drug-likeness (QED) is 0.908. The number of piperidine rings is 1. The number of benzene rings is 1. The first-order valence-electron chi connectivity index (χ1n) is 7.40. The van der Waals surface area contributed by atoms with Gasteiger partial charge < -0.3 is 9.84 Å². The van der Waals surface area contributed by atoms with Gasteiger partial charge in [0.2, 0.25) is 0 Å². The van der Waals surface area contributed by atoms with Crippen LogP contribution in [0.2, 0.25) is 0 Å². The Kier molecular flexibility index (Phi) is 5.01. The molecule has 2 rings (SSSR count). The Labute approximate surface area is 128 Å². The van der Waals surface area contributed by atoms with Crippen molar-refractivity contribution < 1.29 is 23.4 Å². The summed E-state index contributed by atoms with van der Waals surface area (Å²) in [4.78, 5) is 13.4. The third kappa shape index (κ3) is 3.06. The van der Waals surface area contributed by atoms with E-state index < -0.39 is 23.0 Å². The second-order valence-electron chi connectivity index (χ2n) is 5.80. The minimum Gasteiger partial charge on any atom is -0.496 e. The molecule has 1 fully saturated rings. The first kappa shape index (κ1) is 16.7. The lowest BCUT2D eigenvalue weighted by Crippen LogP contribution is -2.47. The summed E-state index contributed by atoms with van der Waals surface area (Å²) in [6, 6.07) is 2.42. The molecule has 1 aromatic rings. The second-order valence-corrected chi connectivity index (χ2v) is 5.80. The molecule has 1 aliphatic rings. The van der Waals surface area contributed by atoms with Gasteiger partial charge in [-0.25, -0.2) is 8.78 Å². The summed E-state index contributed by atoms with van der Waals surface area (Å²) >= 11 is 0. The maximum absolute atomic E-state index is 14.0. The molecule has 1 aromatic carbocycles. The van der Waals surface area contributed by atoms with Crippen molar-refractivity contribution in [1.82, 2.24) is 4.90 Å². The molecule has 22 heavy (non-hydrogen) atoms. The van der Waals surface area contributed by atoms with Gasteiger partial charge in [0.15, 0.2) is 11.6 Å². The number of hydrogen-bond donors (Lipinski definition) is 1. The first-order valence-corrected chi connectivity index (χ1v) is 7.40. The van der Waals surface area contributed by atoms with Gasteiger partial charge in [-0.3, -0.25) is 9.69 Å². The summed E-state index contributed by atoms with van der Waals surface area (Å²) < 4.78 is 32.6. The first-order chi connectivity index (χ1) is 10.4. The summed E-state index contributed by atoms with van der Waals surface area (Å²) in [7, 11) is 1.40. The molecular weight excluding hydrogens is 292 g/mol. The maximum atomic E-state index is 14.0. The Morgan fingerprint density at radius 2 is 2.18 bits per heavy atom. The van der Waals surface area contributed by atoms with E-state index >= 15 is 0 Å². The van der Waals surface area contributed by atoms with Crippen LogP contribution in [0.1, 0.15) is 31.7 Å². The van der Waals surface area contributed by atoms with E-state index in [1.54, 1.807) is 0 Å². The highest BCUT2D eigenvalue weighted by Crippen LogP contribution is 2.35. The van der Waals surface area contributed by atoms with Gasteiger partial charge in [-0.2, -0.15) is 0 Å². The van der Waals surface area contributed by atoms with E-state index in [-0.39, 0.29) is 17.9 Å². The molecular formula is C16H21F2NO3. The van der Waals surface area contributed by atoms with Crippen molar-refractivity contribution in [2.24, 2.45) is 5.41 Å². The summed E-state index contributed by atoms with van der Waals surface area (Å²) in [5.74, 6) is -2.40. The van der Waals surface area contributed by atoms with E-state index in [0.29, 0.717) is 25.9 Å². The molecule has 1 aliphatic heterocycles. The lowest BCUT2D eigenvalue weighted by molar-refractivity contribution is -0.153. The number of rotatable bonds is 5. The van der Waals surface area contributed by atoms with Crippen molar-refractivity contribution in [3.05, 3.63) is 29.3 Å². The molecule has 0 saturated carbocycles. The van der Waals surface area contributed by atoms with Crippen molar-refractivity contribution in [2.45, 2.75) is 32.7 Å². The summed E-state index contributed by atoms with van der Waals surface area (Å²) in [5, 5.41) is 9.49. The molecule has 6 heteroatoms. The van der Waals surface area contributed by atoms with Gasteiger partial charge in [0.25, 0.3) is 0 Å². The highest BCUT2D eigenvalue weighted by molar-refractivity contribution is 5.75. The molecule has 1 heterocycles. The Morgan fingerprint density at radius 3 is 2.77 bits per heavy atom. The third-order valence-electron chi connectivity index (χ3n) is 4.54. The Bertz CT molecular complexity index is 565. The fraction of sp³-hybridized carbons (Fsp3) is 0.562. The molecule has 0 aromatic heterocycles. The average Bonchev–Trinajstić information content (AvgIpc) is 2.52. The third-order valence-corrected chi connectivity index (χ3v) is 4.54. The Balaban J connectivity index is 2.24. The minimum atomic E-state index is -0.928. The van der Waals surface area contributed by atoms with Gasteiger partial charge in [-0.05, 0) is 37.9 Å². The number of hydrogen-bond acceptors (Lipinski definition) is 3. The standard InChI is InChI=1S/C16H21F2NO3/c1-3-16(15(20)21)7-4-8-19(10-16)9-11-13(22-2)6-5-12(17)14(11)18/h5-6H,3-4,7-10H2,1-2H3,(H,20,21). The van der Waals surface area contributed by atoms with Crippen LogP contribution in [-0.2, 0) is 11.3 Å². The molecule has 1 N–H and O–H groups in total. The van der Waals surface area contributed by atoms with Crippen LogP contribution in [0.3, 0.4) is 0 Å². The average molecular weight is 313 g/mol. The maximum Gasteiger partial charge on any atom is 0.310 e. The molecule has 1 saturated heterocycles. The van der Waals surface area contributed by atoms with Crippen molar-refractivity contribution in [2.75, 3.05) is 20.2 Å². The topological polar surface area (TPSA) is 49.8 Å². The number of aliphatic carboxylic acids is 1. The molecule has 0 spiro atoms. The van der Waals surface area contributed by atoms with Crippen LogP contribution in [0.4, 0.5) is 8.78 Å². The van der Waals surface area contributed by atoms with Gasteiger partial charge in [0, 0.05) is 18.7 Å². The number of carboxylic acid groups (broad SMARTS) is 1. The van der Waals surface area contributed by atoms with Crippen molar-refractivity contribution in [3.8, 4) is 5.75 Å². The largest absolute Gasteiger partial charge is 0.496 e. The second kappa shape index (κ2) is 6.60. The highest BCUT2D eigenvalue weighted by atomic mass is 19.2. The van der Waals surface area contributed by atoms with Crippen LogP contribution < -0.4 is 4.74 Å². The van der Waals surface area contributed by atoms with Crippen LogP contribution in [-0.4, -0.2) is 36.2 Å². The number of carbonyl (C=O) groups is 1. The lowest BCUT2D eigenvalue weighted by atomic mass is 9.77. The number of halogens is 2. The van der Waals surface area contributed by atoms with E-state index in [1.807, 2.05) is 11.8 Å². The van der Waals surface area contributed by atoms with Gasteiger partial charge in [0.1, 0.15) is 5.75 Å². The highest BCUT2D eigenvalue weighted by Gasteiger charge is 2.41. The zero-order chi connectivity index (χ0) is 16.3. The van der Waals surface area contributed by atoms with Crippen LogP contribution in [0.15, 0.2) is 12.1 Å². The molecule has 0 amide bonds. The molecule has 0 bridgehead atoms. The summed E-state index contributed by atoms with van der Waals surface area (Å²) in [6.45, 7) is 2.98. The minimum absolute atomic E-state index is 0.139. The predicted molar refractivity (Wildman–Crippen MR) is 77.8 cm³/mol. The Morgan fingerprint density at radius 1 is 1.45 bits per heavy atom. The molecule has 1 atom stereocenters. The number of methoxy groups -OCH3 is 1. The van der Waals surface area contributed by atoms with Crippen LogP contribution in [0, 0.1) is 17.0 Å². The van der Waals surface area contributed by atoms with Crippen LogP contribution in [0.25, 0.3) is 0 Å². The smallest absolute Gasteiger partial charge is 0.310 e. The monoisotopic (exact) mass is 313 g/mol. The zero-order valence-corrected chi connectivity index (χ0v) is 12.9. The van der Waals surface area contributed by atoms with Crippen LogP contribution in [0.5, 0.6) is 5.75 Å². The number of ether oxygens (including phenoxy) is 1. The van der Waals surface area contributed by atoms with Crippen molar-refractivity contribution in [1.29, 1.82) is 0 Å². The van der Waals surface area contributed by atoms with Crippen molar-refractivity contribution >= 4 is 5.97 Å². The number of likely N-dealkylation sites (tertiary alicyclic amines) is 1. The SMILES string of the molecule is CCC1(C(=O)O)CCCN(Cc2c(OC)ccc(F)c2F)C1. The van der Waals surface area contributed by atoms with Gasteiger partial charge in [-0.1, -0.05) is 6.92 Å². The summed E-state index contributed by atoms with van der Waals surface area (Å²) in [5.41, 5.74) is -0.672. The predicted octanol–water partition coefficient (Wildman–Crippen LogP) is 3.05. The molecule has 0 radical (unpaired) electrons. The van der Waals surface area contributed by atoms with Gasteiger partial charge in [0.05, 0.1) is 12.5 Å². The number of carboxylic acids is 1. The molecule has 4 nitrogen and oxygen atoms in total. The van der Waals surface area contributed by atoms with Gasteiger partial charge in [-0.15, -0.1) is 0 Å². The van der Waals surface area contributed by atoms with E-state index in [9.17, 15) is 18.7 Å². The summed E-state index contributed by atoms with van der Waals surface area (Å²) in [6.07, 6.45) is 1.85. The van der Waals surface area contributed by atoms with E-state index in [1.165, 1.54) is 13.2 Å². The lowest BCUT2D eigenvalue weighted by Gasteiger charge is -2.39. The fourth-order valence-electron chi connectivity index (χ4n) is 3.11. The van der Waals surface area contributed by atoms with E-state index in [2.05, 4.69) is 0 Å².